The lowest BCUT2D eigenvalue weighted by Crippen LogP contribution is -2.35. The van der Waals surface area contributed by atoms with Gasteiger partial charge in [0.2, 0.25) is 0 Å². The van der Waals surface area contributed by atoms with Gasteiger partial charge in [0, 0.05) is 13.5 Å². The molecule has 0 spiro atoms. The van der Waals surface area contributed by atoms with Gasteiger partial charge in [-0.05, 0) is 46.4 Å². The average molecular weight is 626 g/mol. The van der Waals surface area contributed by atoms with Gasteiger partial charge >= 0.3 is 13.9 Å². The van der Waals surface area contributed by atoms with E-state index in [0.717, 1.165) is 44.9 Å². The molecule has 1 aromatic heterocycles. The number of allylic oxidation sites excluding steroid dienone is 1. The van der Waals surface area contributed by atoms with E-state index in [9.17, 15) is 9.36 Å². The fourth-order valence-electron chi connectivity index (χ4n) is 5.83. The van der Waals surface area contributed by atoms with Gasteiger partial charge in [-0.1, -0.05) is 78.0 Å². The summed E-state index contributed by atoms with van der Waals surface area (Å²) < 4.78 is 38.6. The Labute approximate surface area is 260 Å². The normalized spacial score (nSPS) is 19.1. The summed E-state index contributed by atoms with van der Waals surface area (Å²) in [6.07, 6.45) is 4.05. The Morgan fingerprint density at radius 2 is 1.67 bits per heavy atom. The number of carbonyl (C=O) groups excluding carboxylic acids is 1. The Hall–Kier alpha value is -4.41. The molecule has 1 amide bonds. The molecule has 2 unspecified atom stereocenters. The molecule has 4 heterocycles. The highest BCUT2D eigenvalue weighted by Crippen LogP contribution is 2.52. The van der Waals surface area contributed by atoms with Crippen LogP contribution in [-0.4, -0.2) is 52.1 Å². The fourth-order valence-corrected chi connectivity index (χ4v) is 7.00. The summed E-state index contributed by atoms with van der Waals surface area (Å²) >= 11 is 0. The highest BCUT2D eigenvalue weighted by Gasteiger charge is 2.48. The average Bonchev–Trinajstić information content (AvgIpc) is 3.77. The summed E-state index contributed by atoms with van der Waals surface area (Å²) in [5, 5.41) is 7.96. The third-order valence-corrected chi connectivity index (χ3v) is 9.56. The Kier molecular flexibility index (Phi) is 8.16. The van der Waals surface area contributed by atoms with Crippen LogP contribution in [-0.2, 0) is 49.6 Å². The molecule has 230 valence electrons. The van der Waals surface area contributed by atoms with Gasteiger partial charge in [0.05, 0.1) is 50.0 Å². The van der Waals surface area contributed by atoms with Gasteiger partial charge in [-0.3, -0.25) is 23.5 Å². The number of anilines is 1. The molecule has 12 heteroatoms. The molecule has 0 N–H and O–H groups in total. The first-order chi connectivity index (χ1) is 22.0. The van der Waals surface area contributed by atoms with Crippen LogP contribution < -0.4 is 4.90 Å². The van der Waals surface area contributed by atoms with Crippen molar-refractivity contribution < 1.29 is 27.7 Å². The van der Waals surface area contributed by atoms with Gasteiger partial charge in [0.15, 0.2) is 0 Å². The molecule has 4 aromatic rings. The molecule has 1 saturated heterocycles. The van der Waals surface area contributed by atoms with E-state index in [-0.39, 0.29) is 25.9 Å². The number of cyclic esters (lactones) is 1. The number of aromatic nitrogens is 3. The smallest absolute Gasteiger partial charge is 0.441 e. The lowest BCUT2D eigenvalue weighted by Gasteiger charge is -2.21. The first kappa shape index (κ1) is 29.3. The van der Waals surface area contributed by atoms with Crippen LogP contribution in [0.2, 0.25) is 0 Å². The molecular formula is C33H32N5O6P. The number of dihydropyridines is 1. The molecule has 7 rings (SSSR count). The van der Waals surface area contributed by atoms with Crippen molar-refractivity contribution in [2.24, 2.45) is 12.0 Å². The lowest BCUT2D eigenvalue weighted by atomic mass is 9.97. The van der Waals surface area contributed by atoms with Gasteiger partial charge in [-0.2, -0.15) is 0 Å². The van der Waals surface area contributed by atoms with Gasteiger partial charge in [-0.15, -0.1) is 5.10 Å². The number of ether oxygens (including phenoxy) is 1. The topological polar surface area (TPSA) is 117 Å². The Morgan fingerprint density at radius 1 is 0.956 bits per heavy atom. The molecule has 3 aromatic carbocycles. The second-order valence-corrected chi connectivity index (χ2v) is 12.8. The standard InChI is InChI=1S/C33H32N5O6P/c1-37-31(19-35-36-37)28-14-12-26(18-34-28)25-13-15-29-27(16-25)17-30-32(44-33(39)38(29)30)22-43-45(40,41-20-23-8-4-2-5-9-23)42-21-24-10-6-3-7-11-24/h2-13,15-16,19,30,32H,14,17-18,20-22H2,1H3. The zero-order chi connectivity index (χ0) is 30.8. The number of aryl methyl sites for hydroxylation is 1. The third-order valence-electron chi connectivity index (χ3n) is 8.20. The van der Waals surface area contributed by atoms with Gasteiger partial charge in [0.25, 0.3) is 0 Å². The summed E-state index contributed by atoms with van der Waals surface area (Å²) in [6, 6.07) is 24.6. The van der Waals surface area contributed by atoms with Crippen LogP contribution in [0.5, 0.6) is 0 Å². The number of phosphoric acid groups is 1. The van der Waals surface area contributed by atoms with E-state index in [1.165, 1.54) is 0 Å². The van der Waals surface area contributed by atoms with Crippen molar-refractivity contribution in [2.75, 3.05) is 18.1 Å². The highest BCUT2D eigenvalue weighted by atomic mass is 31.2. The number of nitrogens with zero attached hydrogens (tertiary/aromatic N) is 5. The Balaban J connectivity index is 1.03. The van der Waals surface area contributed by atoms with Gasteiger partial charge in [-0.25, -0.2) is 14.0 Å². The maximum atomic E-state index is 13.8. The molecule has 0 saturated carbocycles. The summed E-state index contributed by atoms with van der Waals surface area (Å²) in [4.78, 5) is 19.5. The van der Waals surface area contributed by atoms with E-state index >= 15 is 0 Å². The van der Waals surface area contributed by atoms with E-state index < -0.39 is 20.0 Å². The van der Waals surface area contributed by atoms with E-state index in [0.29, 0.717) is 19.4 Å². The van der Waals surface area contributed by atoms with Crippen molar-refractivity contribution in [3.05, 3.63) is 119 Å². The first-order valence-corrected chi connectivity index (χ1v) is 16.2. The van der Waals surface area contributed by atoms with Crippen LogP contribution in [0, 0.1) is 0 Å². The van der Waals surface area contributed by atoms with Crippen molar-refractivity contribution >= 4 is 30.9 Å². The molecule has 0 aliphatic carbocycles. The third kappa shape index (κ3) is 6.25. The second kappa shape index (κ2) is 12.5. The largest absolute Gasteiger partial charge is 0.475 e. The van der Waals surface area contributed by atoms with Crippen LogP contribution in [0.4, 0.5) is 10.5 Å². The first-order valence-electron chi connectivity index (χ1n) is 14.8. The summed E-state index contributed by atoms with van der Waals surface area (Å²) in [6.45, 7) is 0.495. The molecule has 45 heavy (non-hydrogen) atoms. The number of rotatable bonds is 11. The van der Waals surface area contributed by atoms with Crippen LogP contribution in [0.1, 0.15) is 34.4 Å². The Bertz CT molecular complexity index is 1760. The predicted octanol–water partition coefficient (Wildman–Crippen LogP) is 5.90. The van der Waals surface area contributed by atoms with Crippen LogP contribution in [0.15, 0.2) is 96.1 Å². The molecule has 1 fully saturated rings. The zero-order valence-electron chi connectivity index (χ0n) is 24.7. The van der Waals surface area contributed by atoms with E-state index in [1.807, 2.05) is 79.8 Å². The minimum Gasteiger partial charge on any atom is -0.441 e. The number of benzene rings is 3. The van der Waals surface area contributed by atoms with Crippen molar-refractivity contribution in [3.63, 3.8) is 0 Å². The summed E-state index contributed by atoms with van der Waals surface area (Å²) in [7, 11) is -2.17. The number of hydrogen-bond acceptors (Lipinski definition) is 9. The van der Waals surface area contributed by atoms with Crippen LogP contribution >= 0.6 is 7.82 Å². The van der Waals surface area contributed by atoms with Crippen LogP contribution in [0.3, 0.4) is 0 Å². The maximum absolute atomic E-state index is 13.8. The minimum atomic E-state index is -4.02. The Morgan fingerprint density at radius 3 is 2.29 bits per heavy atom. The number of aliphatic imine (C=N–C) groups is 1. The zero-order valence-corrected chi connectivity index (χ0v) is 25.6. The van der Waals surface area contributed by atoms with Crippen molar-refractivity contribution in [1.82, 2.24) is 15.0 Å². The minimum absolute atomic E-state index is 0.0431. The van der Waals surface area contributed by atoms with Crippen molar-refractivity contribution in [3.8, 4) is 0 Å². The van der Waals surface area contributed by atoms with Crippen LogP contribution in [0.25, 0.3) is 5.57 Å². The van der Waals surface area contributed by atoms with E-state index in [1.54, 1.807) is 15.8 Å². The number of hydrogen-bond donors (Lipinski definition) is 0. The summed E-state index contributed by atoms with van der Waals surface area (Å²) in [5.41, 5.74) is 7.55. The molecule has 3 aliphatic heterocycles. The monoisotopic (exact) mass is 625 g/mol. The highest BCUT2D eigenvalue weighted by molar-refractivity contribution is 7.48. The quantitative estimate of drug-likeness (QED) is 0.189. The molecule has 0 radical (unpaired) electrons. The fraction of sp³-hybridized carbons (Fsp3) is 0.273. The SMILES string of the molecule is Cn1nncc1C1=NCC(c2ccc3c(c2)CC2C(COP(=O)(OCc4ccccc4)OCc4ccccc4)OC(=O)N32)=CC1. The van der Waals surface area contributed by atoms with Gasteiger partial charge < -0.3 is 4.74 Å². The second-order valence-electron chi connectivity index (χ2n) is 11.1. The molecule has 3 aliphatic rings. The number of amides is 1. The number of fused-ring (bicyclic) bond motifs is 3. The molecular weight excluding hydrogens is 593 g/mol. The van der Waals surface area contributed by atoms with Crippen molar-refractivity contribution in [2.45, 2.75) is 38.2 Å². The van der Waals surface area contributed by atoms with Gasteiger partial charge in [0.1, 0.15) is 11.8 Å². The molecule has 0 bridgehead atoms. The molecule has 11 nitrogen and oxygen atoms in total. The van der Waals surface area contributed by atoms with E-state index in [2.05, 4.69) is 22.5 Å². The van der Waals surface area contributed by atoms with E-state index in [4.69, 9.17) is 23.3 Å². The number of phosphoric ester groups is 1. The van der Waals surface area contributed by atoms with Crippen molar-refractivity contribution in [1.29, 1.82) is 0 Å². The summed E-state index contributed by atoms with van der Waals surface area (Å²) in [5.74, 6) is 0. The molecule has 2 atom stereocenters. The predicted molar refractivity (Wildman–Crippen MR) is 168 cm³/mol. The lowest BCUT2D eigenvalue weighted by molar-refractivity contribution is 0.0515. The maximum Gasteiger partial charge on any atom is 0.475 e. The number of carbonyl (C=O) groups is 1.